The summed E-state index contributed by atoms with van der Waals surface area (Å²) in [5.41, 5.74) is 2.34. The molecule has 3 rings (SSSR count). The summed E-state index contributed by atoms with van der Waals surface area (Å²) in [6.45, 7) is 1.48. The van der Waals surface area contributed by atoms with Crippen molar-refractivity contribution in [1.29, 1.82) is 0 Å². The van der Waals surface area contributed by atoms with Crippen LogP contribution in [-0.2, 0) is 9.53 Å². The van der Waals surface area contributed by atoms with Gasteiger partial charge in [-0.2, -0.15) is 5.10 Å². The first-order valence-electron chi connectivity index (χ1n) is 8.37. The topological polar surface area (TPSA) is 101 Å². The molecule has 0 amide bonds. The minimum atomic E-state index is -0.502. The number of ether oxygens (including phenoxy) is 1. The van der Waals surface area contributed by atoms with Crippen molar-refractivity contribution in [1.82, 2.24) is 10.2 Å². The molecule has 2 heterocycles. The molecule has 1 aromatic heterocycles. The summed E-state index contributed by atoms with van der Waals surface area (Å²) in [4.78, 5) is 24.4. The summed E-state index contributed by atoms with van der Waals surface area (Å²) in [5, 5.41) is 18.5. The maximum absolute atomic E-state index is 11.5. The molecule has 1 saturated heterocycles. The number of hydrogen-bond acceptors (Lipinski definition) is 6. The normalized spacial score (nSPS) is 15.3. The highest BCUT2D eigenvalue weighted by Crippen LogP contribution is 2.34. The smallest absolute Gasteiger partial charge is 0.330 e. The highest BCUT2D eigenvalue weighted by molar-refractivity contribution is 5.87. The van der Waals surface area contributed by atoms with E-state index in [1.807, 2.05) is 11.0 Å². The number of nitrogens with one attached hydrogen (secondary N) is 1. The van der Waals surface area contributed by atoms with Gasteiger partial charge in [0.05, 0.1) is 12.0 Å². The number of piperidine rings is 1. The molecule has 2 aromatic rings. The van der Waals surface area contributed by atoms with Crippen molar-refractivity contribution in [2.75, 3.05) is 25.1 Å². The second-order valence-electron chi connectivity index (χ2n) is 6.14. The van der Waals surface area contributed by atoms with Crippen LogP contribution in [0.3, 0.4) is 0 Å². The molecule has 0 bridgehead atoms. The Balaban J connectivity index is 1.76. The number of nitro benzene ring substituents is 1. The standard InChI is InChI=1S/C18H20N4O4/c1-26-18(23)5-3-13-2-4-16(17(12-13)22(24)25)21-10-7-14(8-11-21)15-6-9-19-20-15/h2-6,9,12,14H,7-8,10-11H2,1H3,(H,19,20)/b5-3+. The Morgan fingerprint density at radius 3 is 2.77 bits per heavy atom. The molecule has 26 heavy (non-hydrogen) atoms. The van der Waals surface area contributed by atoms with Crippen LogP contribution in [0.15, 0.2) is 36.5 Å². The van der Waals surface area contributed by atoms with Gasteiger partial charge in [-0.05, 0) is 36.6 Å². The van der Waals surface area contributed by atoms with E-state index in [0.29, 0.717) is 17.2 Å². The van der Waals surface area contributed by atoms with Gasteiger partial charge in [0.1, 0.15) is 5.69 Å². The summed E-state index contributed by atoms with van der Waals surface area (Å²) in [7, 11) is 1.28. The van der Waals surface area contributed by atoms with Gasteiger partial charge in [-0.3, -0.25) is 15.2 Å². The fourth-order valence-corrected chi connectivity index (χ4v) is 3.22. The zero-order chi connectivity index (χ0) is 18.5. The van der Waals surface area contributed by atoms with Gasteiger partial charge in [0.25, 0.3) is 5.69 Å². The Morgan fingerprint density at radius 2 is 2.15 bits per heavy atom. The van der Waals surface area contributed by atoms with E-state index in [1.54, 1.807) is 18.3 Å². The van der Waals surface area contributed by atoms with E-state index in [0.717, 1.165) is 31.6 Å². The van der Waals surface area contributed by atoms with Crippen LogP contribution in [-0.4, -0.2) is 41.3 Å². The molecule has 0 saturated carbocycles. The third-order valence-electron chi connectivity index (χ3n) is 4.61. The van der Waals surface area contributed by atoms with E-state index in [1.165, 1.54) is 25.3 Å². The average molecular weight is 356 g/mol. The summed E-state index contributed by atoms with van der Waals surface area (Å²) < 4.78 is 4.53. The number of nitro groups is 1. The lowest BCUT2D eigenvalue weighted by Crippen LogP contribution is -2.33. The maximum atomic E-state index is 11.5. The van der Waals surface area contributed by atoms with Crippen molar-refractivity contribution >= 4 is 23.4 Å². The summed E-state index contributed by atoms with van der Waals surface area (Å²) >= 11 is 0. The monoisotopic (exact) mass is 356 g/mol. The van der Waals surface area contributed by atoms with Crippen LogP contribution in [0.2, 0.25) is 0 Å². The molecule has 1 aliphatic rings. The number of aromatic amines is 1. The summed E-state index contributed by atoms with van der Waals surface area (Å²) in [6, 6.07) is 6.97. The number of carbonyl (C=O) groups excluding carboxylic acids is 1. The van der Waals surface area contributed by atoms with Gasteiger partial charge in [-0.15, -0.1) is 0 Å². The quantitative estimate of drug-likeness (QED) is 0.382. The number of esters is 1. The first kappa shape index (κ1) is 17.7. The van der Waals surface area contributed by atoms with E-state index in [2.05, 4.69) is 14.9 Å². The van der Waals surface area contributed by atoms with E-state index >= 15 is 0 Å². The highest BCUT2D eigenvalue weighted by Gasteiger charge is 2.26. The van der Waals surface area contributed by atoms with Crippen LogP contribution in [0.5, 0.6) is 0 Å². The van der Waals surface area contributed by atoms with Gasteiger partial charge in [-0.25, -0.2) is 4.79 Å². The molecule has 0 unspecified atom stereocenters. The van der Waals surface area contributed by atoms with Crippen molar-refractivity contribution in [2.24, 2.45) is 0 Å². The minimum absolute atomic E-state index is 0.0389. The minimum Gasteiger partial charge on any atom is -0.466 e. The lowest BCUT2D eigenvalue weighted by Gasteiger charge is -2.32. The first-order valence-corrected chi connectivity index (χ1v) is 8.37. The number of rotatable bonds is 5. The Bertz CT molecular complexity index is 809. The molecule has 8 nitrogen and oxygen atoms in total. The average Bonchev–Trinajstić information content (AvgIpc) is 3.20. The Kier molecular flexibility index (Phi) is 5.31. The number of H-pyrrole nitrogens is 1. The third kappa shape index (κ3) is 3.90. The summed E-state index contributed by atoms with van der Waals surface area (Å²) in [6.07, 6.45) is 6.31. The van der Waals surface area contributed by atoms with Crippen molar-refractivity contribution in [3.8, 4) is 0 Å². The molecule has 0 aliphatic carbocycles. The molecule has 0 atom stereocenters. The number of anilines is 1. The van der Waals surface area contributed by atoms with Gasteiger partial charge in [0, 0.05) is 43.0 Å². The molecular weight excluding hydrogens is 336 g/mol. The number of methoxy groups -OCH3 is 1. The van der Waals surface area contributed by atoms with Crippen LogP contribution in [0.1, 0.15) is 30.0 Å². The molecule has 1 aromatic carbocycles. The number of hydrogen-bond donors (Lipinski definition) is 1. The SMILES string of the molecule is COC(=O)/C=C/c1ccc(N2CCC(c3ccn[nH]3)CC2)c([N+](=O)[O-])c1. The number of nitrogens with zero attached hydrogens (tertiary/aromatic N) is 3. The van der Waals surface area contributed by atoms with Gasteiger partial charge in [-0.1, -0.05) is 6.07 Å². The predicted molar refractivity (Wildman–Crippen MR) is 96.9 cm³/mol. The predicted octanol–water partition coefficient (Wildman–Crippen LogP) is 2.89. The fraction of sp³-hybridized carbons (Fsp3) is 0.333. The van der Waals surface area contributed by atoms with E-state index in [-0.39, 0.29) is 10.6 Å². The lowest BCUT2D eigenvalue weighted by atomic mass is 9.93. The largest absolute Gasteiger partial charge is 0.466 e. The van der Waals surface area contributed by atoms with E-state index in [9.17, 15) is 14.9 Å². The van der Waals surface area contributed by atoms with Crippen molar-refractivity contribution in [3.05, 3.63) is 57.9 Å². The molecule has 0 spiro atoms. The molecular formula is C18H20N4O4. The van der Waals surface area contributed by atoms with Gasteiger partial charge < -0.3 is 9.64 Å². The zero-order valence-electron chi connectivity index (χ0n) is 14.4. The van der Waals surface area contributed by atoms with Gasteiger partial charge >= 0.3 is 5.97 Å². The first-order chi connectivity index (χ1) is 12.6. The van der Waals surface area contributed by atoms with Crippen LogP contribution in [0.4, 0.5) is 11.4 Å². The van der Waals surface area contributed by atoms with Crippen LogP contribution in [0.25, 0.3) is 6.08 Å². The van der Waals surface area contributed by atoms with E-state index < -0.39 is 5.97 Å². The number of benzene rings is 1. The Hall–Kier alpha value is -3.16. The molecule has 8 heteroatoms. The zero-order valence-corrected chi connectivity index (χ0v) is 14.4. The number of carbonyl (C=O) groups is 1. The Labute approximate surface area is 150 Å². The van der Waals surface area contributed by atoms with E-state index in [4.69, 9.17) is 0 Å². The van der Waals surface area contributed by atoms with Crippen LogP contribution >= 0.6 is 0 Å². The molecule has 1 N–H and O–H groups in total. The second kappa shape index (κ2) is 7.81. The fourth-order valence-electron chi connectivity index (χ4n) is 3.22. The second-order valence-corrected chi connectivity index (χ2v) is 6.14. The maximum Gasteiger partial charge on any atom is 0.330 e. The van der Waals surface area contributed by atoms with Gasteiger partial charge in [0.2, 0.25) is 0 Å². The van der Waals surface area contributed by atoms with Gasteiger partial charge in [0.15, 0.2) is 0 Å². The molecule has 1 aliphatic heterocycles. The third-order valence-corrected chi connectivity index (χ3v) is 4.61. The highest BCUT2D eigenvalue weighted by atomic mass is 16.6. The number of aromatic nitrogens is 2. The summed E-state index contributed by atoms with van der Waals surface area (Å²) in [5.74, 6) is -0.104. The molecule has 0 radical (unpaired) electrons. The Morgan fingerprint density at radius 1 is 1.38 bits per heavy atom. The van der Waals surface area contributed by atoms with Crippen LogP contribution < -0.4 is 4.90 Å². The van der Waals surface area contributed by atoms with Crippen molar-refractivity contribution in [2.45, 2.75) is 18.8 Å². The molecule has 136 valence electrons. The van der Waals surface area contributed by atoms with Crippen molar-refractivity contribution in [3.63, 3.8) is 0 Å². The molecule has 1 fully saturated rings. The van der Waals surface area contributed by atoms with Crippen LogP contribution in [0, 0.1) is 10.1 Å². The van der Waals surface area contributed by atoms with Crippen molar-refractivity contribution < 1.29 is 14.5 Å². The lowest BCUT2D eigenvalue weighted by molar-refractivity contribution is -0.384.